The molecule has 0 spiro atoms. The summed E-state index contributed by atoms with van der Waals surface area (Å²) in [5, 5.41) is 8.64. The van der Waals surface area contributed by atoms with E-state index in [2.05, 4.69) is 41.1 Å². The van der Waals surface area contributed by atoms with Gasteiger partial charge in [0.25, 0.3) is 0 Å². The van der Waals surface area contributed by atoms with Gasteiger partial charge in [0.05, 0.1) is 5.69 Å². The summed E-state index contributed by atoms with van der Waals surface area (Å²) in [4.78, 5) is 4.95. The van der Waals surface area contributed by atoms with E-state index in [1.165, 1.54) is 0 Å². The molecule has 1 N–H and O–H groups in total. The first kappa shape index (κ1) is 16.7. The number of hydrogen-bond acceptors (Lipinski definition) is 4. The quantitative estimate of drug-likeness (QED) is 0.894. The highest BCUT2D eigenvalue weighted by atomic mass is 35.5. The molecule has 21 heavy (non-hydrogen) atoms. The highest BCUT2D eigenvalue weighted by Gasteiger charge is 2.28. The third-order valence-corrected chi connectivity index (χ3v) is 4.96. The minimum Gasteiger partial charge on any atom is -0.311 e. The van der Waals surface area contributed by atoms with Crippen LogP contribution in [0.25, 0.3) is 0 Å². The summed E-state index contributed by atoms with van der Waals surface area (Å²) in [6, 6.07) is 0. The van der Waals surface area contributed by atoms with Crippen molar-refractivity contribution in [3.8, 4) is 0 Å². The Kier molecular flexibility index (Phi) is 5.30. The van der Waals surface area contributed by atoms with Crippen LogP contribution >= 0.6 is 11.6 Å². The maximum Gasteiger partial charge on any atom is 0.131 e. The lowest BCUT2D eigenvalue weighted by atomic mass is 10.0. The van der Waals surface area contributed by atoms with Crippen LogP contribution in [0.15, 0.2) is 0 Å². The zero-order chi connectivity index (χ0) is 15.6. The molecule has 1 fully saturated rings. The first-order valence-electron chi connectivity index (χ1n) is 7.63. The number of piperazine rings is 1. The van der Waals surface area contributed by atoms with Crippen molar-refractivity contribution in [2.24, 2.45) is 7.05 Å². The van der Waals surface area contributed by atoms with Gasteiger partial charge in [0.1, 0.15) is 5.15 Å². The number of hydrogen-bond donors (Lipinski definition) is 1. The number of aromatic nitrogens is 2. The molecule has 0 aromatic carbocycles. The monoisotopic (exact) mass is 313 g/mol. The number of rotatable bonds is 5. The Bertz CT molecular complexity index is 475. The Balaban J connectivity index is 1.87. The number of nitrogens with one attached hydrogen (secondary N) is 1. The molecule has 0 bridgehead atoms. The summed E-state index contributed by atoms with van der Waals surface area (Å²) in [7, 11) is 4.07. The summed E-state index contributed by atoms with van der Waals surface area (Å²) in [6.07, 6.45) is 0. The van der Waals surface area contributed by atoms with Gasteiger partial charge in [-0.2, -0.15) is 5.10 Å². The second-order valence-corrected chi connectivity index (χ2v) is 7.04. The highest BCUT2D eigenvalue weighted by molar-refractivity contribution is 6.30. The van der Waals surface area contributed by atoms with E-state index in [0.717, 1.165) is 55.7 Å². The Morgan fingerprint density at radius 2 is 1.81 bits per heavy atom. The average Bonchev–Trinajstić information content (AvgIpc) is 2.65. The predicted octanol–water partition coefficient (Wildman–Crippen LogP) is 1.50. The van der Waals surface area contributed by atoms with Crippen LogP contribution in [0.4, 0.5) is 0 Å². The van der Waals surface area contributed by atoms with Crippen molar-refractivity contribution in [3.63, 3.8) is 0 Å². The van der Waals surface area contributed by atoms with Crippen molar-refractivity contribution in [2.75, 3.05) is 39.8 Å². The molecular formula is C15H28ClN5. The van der Waals surface area contributed by atoms with Crippen molar-refractivity contribution in [3.05, 3.63) is 16.4 Å². The largest absolute Gasteiger partial charge is 0.311 e. The van der Waals surface area contributed by atoms with Gasteiger partial charge in [0, 0.05) is 57.4 Å². The Morgan fingerprint density at radius 3 is 2.33 bits per heavy atom. The SMILES string of the molecule is Cc1nn(C)c(Cl)c1CNCC(C)(C)N1CCN(C)CC1. The molecular weight excluding hydrogens is 286 g/mol. The predicted molar refractivity (Wildman–Crippen MR) is 87.8 cm³/mol. The molecule has 1 aromatic rings. The minimum absolute atomic E-state index is 0.157. The highest BCUT2D eigenvalue weighted by Crippen LogP contribution is 2.19. The van der Waals surface area contributed by atoms with Gasteiger partial charge in [0.15, 0.2) is 0 Å². The zero-order valence-electron chi connectivity index (χ0n) is 13.9. The van der Waals surface area contributed by atoms with Crippen LogP contribution in [-0.2, 0) is 13.6 Å². The van der Waals surface area contributed by atoms with Gasteiger partial charge in [-0.3, -0.25) is 9.58 Å². The second kappa shape index (κ2) is 6.65. The maximum absolute atomic E-state index is 6.27. The van der Waals surface area contributed by atoms with E-state index in [9.17, 15) is 0 Å². The molecule has 2 rings (SSSR count). The summed E-state index contributed by atoms with van der Waals surface area (Å²) in [6.45, 7) is 12.9. The summed E-state index contributed by atoms with van der Waals surface area (Å²) in [5.41, 5.74) is 2.27. The average molecular weight is 314 g/mol. The Morgan fingerprint density at radius 1 is 1.19 bits per heavy atom. The van der Waals surface area contributed by atoms with E-state index in [1.807, 2.05) is 14.0 Å². The van der Waals surface area contributed by atoms with Crippen molar-refractivity contribution in [2.45, 2.75) is 32.9 Å². The van der Waals surface area contributed by atoms with Gasteiger partial charge in [-0.05, 0) is 27.8 Å². The lowest BCUT2D eigenvalue weighted by molar-refractivity contribution is 0.0618. The molecule has 1 aliphatic rings. The topological polar surface area (TPSA) is 36.3 Å². The third kappa shape index (κ3) is 3.97. The molecule has 120 valence electrons. The van der Waals surface area contributed by atoms with E-state index < -0.39 is 0 Å². The number of nitrogens with zero attached hydrogens (tertiary/aromatic N) is 4. The minimum atomic E-state index is 0.157. The molecule has 1 aromatic heterocycles. The standard InChI is InChI=1S/C15H28ClN5/c1-12-13(14(16)20(5)18-12)10-17-11-15(2,3)21-8-6-19(4)7-9-21/h17H,6-11H2,1-5H3. The Hall–Kier alpha value is -0.620. The van der Waals surface area contributed by atoms with E-state index in [-0.39, 0.29) is 5.54 Å². The lowest BCUT2D eigenvalue weighted by Gasteiger charge is -2.43. The summed E-state index contributed by atoms with van der Waals surface area (Å²) >= 11 is 6.27. The van der Waals surface area contributed by atoms with Gasteiger partial charge in [0.2, 0.25) is 0 Å². The molecule has 0 atom stereocenters. The first-order valence-corrected chi connectivity index (χ1v) is 8.01. The van der Waals surface area contributed by atoms with Gasteiger partial charge < -0.3 is 10.2 Å². The molecule has 0 aliphatic carbocycles. The van der Waals surface area contributed by atoms with Gasteiger partial charge in [-0.15, -0.1) is 0 Å². The molecule has 0 saturated carbocycles. The normalized spacial score (nSPS) is 18.4. The van der Waals surface area contributed by atoms with E-state index in [1.54, 1.807) is 4.68 Å². The van der Waals surface area contributed by atoms with Gasteiger partial charge in [-0.25, -0.2) is 0 Å². The number of aryl methyl sites for hydroxylation is 2. The molecule has 1 aliphatic heterocycles. The van der Waals surface area contributed by atoms with Crippen LogP contribution in [0.2, 0.25) is 5.15 Å². The maximum atomic E-state index is 6.27. The molecule has 5 nitrogen and oxygen atoms in total. The fourth-order valence-electron chi connectivity index (χ4n) is 2.89. The van der Waals surface area contributed by atoms with Crippen LogP contribution in [0.1, 0.15) is 25.1 Å². The summed E-state index contributed by atoms with van der Waals surface area (Å²) < 4.78 is 1.74. The molecule has 1 saturated heterocycles. The van der Waals surface area contributed by atoms with Crippen molar-refractivity contribution >= 4 is 11.6 Å². The van der Waals surface area contributed by atoms with Crippen molar-refractivity contribution in [1.29, 1.82) is 0 Å². The zero-order valence-corrected chi connectivity index (χ0v) is 14.7. The first-order chi connectivity index (χ1) is 9.81. The smallest absolute Gasteiger partial charge is 0.131 e. The van der Waals surface area contributed by atoms with Crippen LogP contribution in [0.3, 0.4) is 0 Å². The van der Waals surface area contributed by atoms with E-state index >= 15 is 0 Å². The summed E-state index contributed by atoms with van der Waals surface area (Å²) in [5.74, 6) is 0. The van der Waals surface area contributed by atoms with Crippen molar-refractivity contribution in [1.82, 2.24) is 24.9 Å². The molecule has 2 heterocycles. The van der Waals surface area contributed by atoms with Crippen LogP contribution in [0, 0.1) is 6.92 Å². The van der Waals surface area contributed by atoms with Crippen LogP contribution < -0.4 is 5.32 Å². The van der Waals surface area contributed by atoms with Crippen LogP contribution in [-0.4, -0.2) is 64.9 Å². The van der Waals surface area contributed by atoms with Gasteiger partial charge in [-0.1, -0.05) is 11.6 Å². The van der Waals surface area contributed by atoms with Crippen LogP contribution in [0.5, 0.6) is 0 Å². The molecule has 0 radical (unpaired) electrons. The lowest BCUT2D eigenvalue weighted by Crippen LogP contribution is -2.57. The number of halogens is 1. The van der Waals surface area contributed by atoms with Gasteiger partial charge >= 0.3 is 0 Å². The Labute approximate surface area is 133 Å². The van der Waals surface area contributed by atoms with E-state index in [4.69, 9.17) is 11.6 Å². The second-order valence-electron chi connectivity index (χ2n) is 6.68. The van der Waals surface area contributed by atoms with E-state index in [0.29, 0.717) is 0 Å². The fraction of sp³-hybridized carbons (Fsp3) is 0.800. The molecule has 6 heteroatoms. The molecule has 0 amide bonds. The van der Waals surface area contributed by atoms with Crippen molar-refractivity contribution < 1.29 is 0 Å². The number of likely N-dealkylation sites (N-methyl/N-ethyl adjacent to an activating group) is 1. The third-order valence-electron chi connectivity index (χ3n) is 4.49. The fourth-order valence-corrected chi connectivity index (χ4v) is 3.13. The molecule has 0 unspecified atom stereocenters.